The van der Waals surface area contributed by atoms with E-state index >= 15 is 0 Å². The molecule has 8 nitrogen and oxygen atoms in total. The largest absolute Gasteiger partial charge is 0.490 e. The first-order valence-corrected chi connectivity index (χ1v) is 17.2. The lowest BCUT2D eigenvalue weighted by molar-refractivity contribution is -0.192. The number of aliphatic carboxylic acids is 1. The number of halogens is 4. The van der Waals surface area contributed by atoms with Crippen LogP contribution >= 0.6 is 0 Å². The molecule has 6 rings (SSSR count). The van der Waals surface area contributed by atoms with Gasteiger partial charge < -0.3 is 25.8 Å². The molecule has 6 aromatic carbocycles. The zero-order valence-electron chi connectivity index (χ0n) is 29.4. The standard InChI is InChI=1S/C41H36FN3O3.C2HF3O2/c42-37-16-4-2-11-33(37)27-44-40(46)23-24-41(47)45(38-17-5-6-18-39(38)48-34-13-7-9-30(25-34)26-43)28-29-19-21-32(22-20-29)36-15-8-12-31-10-1-3-14-35(31)36;3-2(4,5)1(6)7/h1-22,25H,23-24,26-28,43H2,(H,44,46);(H,6,7). The van der Waals surface area contributed by atoms with Crippen LogP contribution in [0.1, 0.15) is 29.5 Å². The van der Waals surface area contributed by atoms with Crippen molar-refractivity contribution in [3.8, 4) is 22.6 Å². The molecule has 6 aromatic rings. The van der Waals surface area contributed by atoms with E-state index in [0.29, 0.717) is 29.3 Å². The van der Waals surface area contributed by atoms with Gasteiger partial charge in [-0.1, -0.05) is 109 Å². The Morgan fingerprint density at radius 2 is 1.40 bits per heavy atom. The van der Waals surface area contributed by atoms with Crippen molar-refractivity contribution in [1.29, 1.82) is 0 Å². The number of anilines is 1. The average molecular weight is 752 g/mol. The predicted octanol–water partition coefficient (Wildman–Crippen LogP) is 9.16. The molecule has 0 aromatic heterocycles. The summed E-state index contributed by atoms with van der Waals surface area (Å²) in [6.07, 6.45) is -5.18. The summed E-state index contributed by atoms with van der Waals surface area (Å²) in [4.78, 5) is 37.2. The number of carbonyl (C=O) groups is 3. The number of carbonyl (C=O) groups excluding carboxylic acids is 2. The Hall–Kier alpha value is -6.53. The van der Waals surface area contributed by atoms with Gasteiger partial charge in [-0.3, -0.25) is 9.59 Å². The summed E-state index contributed by atoms with van der Waals surface area (Å²) in [7, 11) is 0. The molecule has 0 fully saturated rings. The molecule has 4 N–H and O–H groups in total. The maximum absolute atomic E-state index is 14.1. The zero-order chi connectivity index (χ0) is 39.4. The van der Waals surface area contributed by atoms with E-state index in [1.807, 2.05) is 72.8 Å². The smallest absolute Gasteiger partial charge is 0.475 e. The van der Waals surface area contributed by atoms with Gasteiger partial charge in [-0.05, 0) is 63.4 Å². The lowest BCUT2D eigenvalue weighted by Crippen LogP contribution is -2.32. The molecule has 0 radical (unpaired) electrons. The number of hydrogen-bond acceptors (Lipinski definition) is 5. The van der Waals surface area contributed by atoms with Crippen LogP contribution in [0.5, 0.6) is 11.5 Å². The molecule has 0 aliphatic carbocycles. The molecule has 0 aliphatic rings. The first-order chi connectivity index (χ1) is 26.4. The molecule has 0 bridgehead atoms. The number of nitrogens with one attached hydrogen (secondary N) is 1. The molecule has 0 unspecified atom stereocenters. The molecular weight excluding hydrogens is 714 g/mol. The van der Waals surface area contributed by atoms with Gasteiger partial charge in [0, 0.05) is 31.5 Å². The maximum Gasteiger partial charge on any atom is 0.490 e. The van der Waals surface area contributed by atoms with Crippen LogP contribution in [-0.2, 0) is 34.0 Å². The number of carboxylic acid groups (broad SMARTS) is 1. The lowest BCUT2D eigenvalue weighted by Gasteiger charge is -2.25. The Labute approximate surface area is 314 Å². The molecular formula is C43H37F4N3O5. The monoisotopic (exact) mass is 751 g/mol. The Balaban J connectivity index is 0.000000757. The number of rotatable bonds is 12. The van der Waals surface area contributed by atoms with E-state index in [0.717, 1.165) is 22.3 Å². The number of hydrogen-bond donors (Lipinski definition) is 3. The molecule has 0 atom stereocenters. The van der Waals surface area contributed by atoms with E-state index < -0.39 is 12.1 Å². The van der Waals surface area contributed by atoms with Crippen molar-refractivity contribution in [3.05, 3.63) is 162 Å². The van der Waals surface area contributed by atoms with Crippen LogP contribution in [0.3, 0.4) is 0 Å². The van der Waals surface area contributed by atoms with E-state index in [1.165, 1.54) is 16.8 Å². The SMILES string of the molecule is NCc1cccc(Oc2ccccc2N(Cc2ccc(-c3cccc4ccccc34)cc2)C(=O)CCC(=O)NCc2ccccc2F)c1.O=C(O)C(F)(F)F. The first-order valence-electron chi connectivity index (χ1n) is 17.2. The Kier molecular flexibility index (Phi) is 13.3. The highest BCUT2D eigenvalue weighted by atomic mass is 19.4. The minimum atomic E-state index is -5.08. The number of fused-ring (bicyclic) bond motifs is 1. The zero-order valence-corrected chi connectivity index (χ0v) is 29.4. The number of nitrogens with zero attached hydrogens (tertiary/aromatic N) is 1. The van der Waals surface area contributed by atoms with Crippen molar-refractivity contribution in [2.45, 2.75) is 38.7 Å². The van der Waals surface area contributed by atoms with Crippen molar-refractivity contribution in [2.75, 3.05) is 4.90 Å². The molecule has 0 saturated heterocycles. The van der Waals surface area contributed by atoms with E-state index in [-0.39, 0.29) is 43.6 Å². The molecule has 2 amide bonds. The van der Waals surface area contributed by atoms with Crippen LogP contribution in [-0.4, -0.2) is 29.1 Å². The van der Waals surface area contributed by atoms with Gasteiger partial charge in [0.1, 0.15) is 11.6 Å². The van der Waals surface area contributed by atoms with Gasteiger partial charge in [-0.25, -0.2) is 9.18 Å². The van der Waals surface area contributed by atoms with Gasteiger partial charge in [0.25, 0.3) is 0 Å². The quantitative estimate of drug-likeness (QED) is 0.107. The van der Waals surface area contributed by atoms with Crippen LogP contribution < -0.4 is 20.7 Å². The highest BCUT2D eigenvalue weighted by molar-refractivity contribution is 5.98. The minimum Gasteiger partial charge on any atom is -0.475 e. The number of alkyl halides is 3. The van der Waals surface area contributed by atoms with Gasteiger partial charge in [-0.15, -0.1) is 0 Å². The topological polar surface area (TPSA) is 122 Å². The van der Waals surface area contributed by atoms with Crippen LogP contribution in [0.2, 0.25) is 0 Å². The Morgan fingerprint density at radius 3 is 2.13 bits per heavy atom. The third kappa shape index (κ3) is 11.0. The number of para-hydroxylation sites is 2. The number of nitrogens with two attached hydrogens (primary N) is 1. The van der Waals surface area contributed by atoms with Gasteiger partial charge in [0.15, 0.2) is 5.75 Å². The fourth-order valence-electron chi connectivity index (χ4n) is 5.67. The summed E-state index contributed by atoms with van der Waals surface area (Å²) < 4.78 is 52.1. The second-order valence-corrected chi connectivity index (χ2v) is 12.3. The first kappa shape index (κ1) is 39.7. The highest BCUT2D eigenvalue weighted by Gasteiger charge is 2.38. The van der Waals surface area contributed by atoms with Gasteiger partial charge in [0.2, 0.25) is 11.8 Å². The van der Waals surface area contributed by atoms with E-state index in [9.17, 15) is 27.2 Å². The molecule has 282 valence electrons. The molecule has 0 aliphatic heterocycles. The third-order valence-corrected chi connectivity index (χ3v) is 8.46. The Bertz CT molecular complexity index is 2260. The minimum absolute atomic E-state index is 0.0466. The summed E-state index contributed by atoms with van der Waals surface area (Å²) in [5.74, 6) is -2.64. The summed E-state index contributed by atoms with van der Waals surface area (Å²) in [6, 6.07) is 43.9. The van der Waals surface area contributed by atoms with Crippen LogP contribution in [0, 0.1) is 5.82 Å². The summed E-state index contributed by atoms with van der Waals surface area (Å²) in [5.41, 5.74) is 10.8. The second kappa shape index (κ2) is 18.5. The number of ether oxygens (including phenoxy) is 1. The van der Waals surface area contributed by atoms with E-state index in [2.05, 4.69) is 47.8 Å². The number of benzene rings is 6. The highest BCUT2D eigenvalue weighted by Crippen LogP contribution is 2.35. The number of carboxylic acids is 1. The lowest BCUT2D eigenvalue weighted by atomic mass is 9.97. The van der Waals surface area contributed by atoms with E-state index in [4.69, 9.17) is 20.4 Å². The fourth-order valence-corrected chi connectivity index (χ4v) is 5.67. The van der Waals surface area contributed by atoms with Crippen molar-refractivity contribution in [2.24, 2.45) is 5.73 Å². The van der Waals surface area contributed by atoms with Gasteiger partial charge in [-0.2, -0.15) is 13.2 Å². The normalized spacial score (nSPS) is 10.9. The fraction of sp³-hybridized carbons (Fsp3) is 0.140. The molecule has 12 heteroatoms. The van der Waals surface area contributed by atoms with Crippen LogP contribution in [0.15, 0.2) is 140 Å². The number of amides is 2. The average Bonchev–Trinajstić information content (AvgIpc) is 3.19. The van der Waals surface area contributed by atoms with Crippen molar-refractivity contribution in [3.63, 3.8) is 0 Å². The van der Waals surface area contributed by atoms with Crippen LogP contribution in [0.4, 0.5) is 23.2 Å². The van der Waals surface area contributed by atoms with Crippen molar-refractivity contribution >= 4 is 34.2 Å². The molecule has 0 saturated carbocycles. The molecule has 55 heavy (non-hydrogen) atoms. The maximum atomic E-state index is 14.1. The summed E-state index contributed by atoms with van der Waals surface area (Å²) in [5, 5.41) is 12.2. The molecule has 0 heterocycles. The van der Waals surface area contributed by atoms with Crippen molar-refractivity contribution in [1.82, 2.24) is 5.32 Å². The van der Waals surface area contributed by atoms with Crippen molar-refractivity contribution < 1.29 is 41.8 Å². The van der Waals surface area contributed by atoms with Crippen LogP contribution in [0.25, 0.3) is 21.9 Å². The van der Waals surface area contributed by atoms with Gasteiger partial charge in [0.05, 0.1) is 12.2 Å². The summed E-state index contributed by atoms with van der Waals surface area (Å²) >= 11 is 0. The molecule has 0 spiro atoms. The second-order valence-electron chi connectivity index (χ2n) is 12.3. The Morgan fingerprint density at radius 1 is 0.745 bits per heavy atom. The van der Waals surface area contributed by atoms with Gasteiger partial charge >= 0.3 is 12.1 Å². The predicted molar refractivity (Wildman–Crippen MR) is 203 cm³/mol. The van der Waals surface area contributed by atoms with E-state index in [1.54, 1.807) is 23.1 Å². The summed E-state index contributed by atoms with van der Waals surface area (Å²) in [6.45, 7) is 0.677. The third-order valence-electron chi connectivity index (χ3n) is 8.46.